The van der Waals surface area contributed by atoms with Crippen LogP contribution in [0.15, 0.2) is 89.0 Å². The van der Waals surface area contributed by atoms with Crippen LogP contribution in [0.1, 0.15) is 96.8 Å². The molecule has 354 valence electrons. The van der Waals surface area contributed by atoms with E-state index in [0.717, 1.165) is 52.0 Å². The van der Waals surface area contributed by atoms with Crippen molar-refractivity contribution >= 4 is 66.7 Å². The normalized spacial score (nSPS) is 14.7. The van der Waals surface area contributed by atoms with Crippen LogP contribution >= 0.6 is 0 Å². The third-order valence-corrected chi connectivity index (χ3v) is 13.0. The number of aromatic nitrogens is 3. The summed E-state index contributed by atoms with van der Waals surface area (Å²) in [6.45, 7) is 26.6. The number of nitrogens with one attached hydrogen (secondary N) is 3. The summed E-state index contributed by atoms with van der Waals surface area (Å²) in [6.07, 6.45) is 2.12. The first-order valence-corrected chi connectivity index (χ1v) is 25.8. The fourth-order valence-electron chi connectivity index (χ4n) is 7.79. The summed E-state index contributed by atoms with van der Waals surface area (Å²) < 4.78 is 69.7. The van der Waals surface area contributed by atoms with Gasteiger partial charge in [0.05, 0.1) is 23.3 Å². The molecule has 0 radical (unpaired) electrons. The summed E-state index contributed by atoms with van der Waals surface area (Å²) in [6, 6.07) is 24.4. The standard InChI is InChI=1S/C48H63N9O6S3/c1-14-56(26-25-49-66(13,60)61)38-23-24-39(33(4)27-38)50-42-43(47(8,9)10)52-57-45(42)51-44(53-57)34-17-21-36(22-18-34)54-64(58)63-41-29-37(20-16-32(41)3)55-65(59)62-40-28-35(19-15-31(40)2)48(11,12)30-46(5,6)7/h15-24,27-29,49,54-55H,14,25-26,30H2,1-13H3. The molecule has 2 atom stereocenters. The van der Waals surface area contributed by atoms with Gasteiger partial charge in [0.1, 0.15) is 17.2 Å². The van der Waals surface area contributed by atoms with Crippen molar-refractivity contribution in [3.8, 4) is 22.9 Å². The van der Waals surface area contributed by atoms with Crippen molar-refractivity contribution in [2.45, 2.75) is 94.9 Å². The van der Waals surface area contributed by atoms with Crippen LogP contribution in [0.4, 0.5) is 22.7 Å². The van der Waals surface area contributed by atoms with E-state index in [4.69, 9.17) is 28.5 Å². The van der Waals surface area contributed by atoms with Crippen LogP contribution < -0.4 is 27.4 Å². The fraction of sp³-hybridized carbons (Fsp3) is 0.417. The zero-order valence-electron chi connectivity index (χ0n) is 40.2. The number of aryl methyl sites for hydroxylation is 3. The fourth-order valence-corrected chi connectivity index (χ4v) is 9.67. The Morgan fingerprint density at radius 2 is 1.38 bits per heavy atom. The van der Waals surface area contributed by atoms with E-state index in [9.17, 15) is 16.8 Å². The average molecular weight is 958 g/mol. The molecule has 0 saturated carbocycles. The van der Waals surface area contributed by atoms with Crippen LogP contribution in [-0.2, 0) is 38.0 Å². The lowest BCUT2D eigenvalue weighted by Crippen LogP contribution is -2.34. The van der Waals surface area contributed by atoms with Gasteiger partial charge in [0.25, 0.3) is 0 Å². The van der Waals surface area contributed by atoms with Crippen LogP contribution in [0.3, 0.4) is 0 Å². The van der Waals surface area contributed by atoms with Gasteiger partial charge in [0.15, 0.2) is 5.82 Å². The minimum Gasteiger partial charge on any atom is -0.385 e. The molecular weight excluding hydrogens is 895 g/mol. The molecule has 1 aromatic heterocycles. The van der Waals surface area contributed by atoms with Crippen molar-refractivity contribution in [1.82, 2.24) is 19.6 Å². The van der Waals surface area contributed by atoms with Crippen molar-refractivity contribution in [3.63, 3.8) is 0 Å². The number of likely N-dealkylation sites (N-methyl/N-ethyl adjacent to an activating group) is 1. The smallest absolute Gasteiger partial charge is 0.316 e. The highest BCUT2D eigenvalue weighted by molar-refractivity contribution is 7.88. The maximum Gasteiger partial charge on any atom is 0.316 e. The predicted molar refractivity (Wildman–Crippen MR) is 270 cm³/mol. The number of aliphatic imine (C=N–C) groups is 1. The molecule has 0 bridgehead atoms. The van der Waals surface area contributed by atoms with Gasteiger partial charge in [0, 0.05) is 48.1 Å². The van der Waals surface area contributed by atoms with Crippen LogP contribution in [0.5, 0.6) is 11.5 Å². The summed E-state index contributed by atoms with van der Waals surface area (Å²) >= 11 is -3.90. The van der Waals surface area contributed by atoms with Gasteiger partial charge in [-0.25, -0.2) is 23.1 Å². The Hall–Kier alpha value is -5.43. The largest absolute Gasteiger partial charge is 0.385 e. The molecule has 18 heteroatoms. The van der Waals surface area contributed by atoms with Gasteiger partial charge >= 0.3 is 22.5 Å². The number of rotatable bonds is 18. The molecule has 3 N–H and O–H groups in total. The third-order valence-electron chi connectivity index (χ3n) is 10.8. The molecule has 0 amide bonds. The number of anilines is 3. The van der Waals surface area contributed by atoms with Crippen LogP contribution in [0, 0.1) is 31.6 Å². The van der Waals surface area contributed by atoms with Crippen LogP contribution in [0.25, 0.3) is 11.4 Å². The van der Waals surface area contributed by atoms with Crippen molar-refractivity contribution in [2.24, 2.45) is 20.9 Å². The highest BCUT2D eigenvalue weighted by atomic mass is 32.2. The quantitative estimate of drug-likeness (QED) is 0.0771. The molecule has 66 heavy (non-hydrogen) atoms. The summed E-state index contributed by atoms with van der Waals surface area (Å²) in [5.41, 5.74) is 8.11. The number of hydrogen-bond acceptors (Lipinski definition) is 11. The van der Waals surface area contributed by atoms with E-state index >= 15 is 0 Å². The number of nitrogens with zero attached hydrogens (tertiary/aromatic N) is 6. The summed E-state index contributed by atoms with van der Waals surface area (Å²) in [7, 11) is -3.28. The van der Waals surface area contributed by atoms with Gasteiger partial charge in [-0.15, -0.1) is 9.89 Å². The second-order valence-corrected chi connectivity index (χ2v) is 23.0. The zero-order valence-corrected chi connectivity index (χ0v) is 42.6. The second kappa shape index (κ2) is 19.8. The lowest BCUT2D eigenvalue weighted by Gasteiger charge is -2.33. The minimum absolute atomic E-state index is 0.113. The van der Waals surface area contributed by atoms with Gasteiger partial charge < -0.3 is 13.3 Å². The molecule has 2 unspecified atom stereocenters. The Kier molecular flexibility index (Phi) is 15.0. The number of benzene rings is 4. The van der Waals surface area contributed by atoms with E-state index in [1.165, 1.54) is 4.79 Å². The molecule has 4 aromatic carbocycles. The summed E-state index contributed by atoms with van der Waals surface area (Å²) in [4.78, 5) is 13.6. The van der Waals surface area contributed by atoms with Gasteiger partial charge in [-0.2, -0.15) is 13.5 Å². The average Bonchev–Trinajstić information content (AvgIpc) is 3.78. The molecule has 6 rings (SSSR count). The Morgan fingerprint density at radius 1 is 0.773 bits per heavy atom. The van der Waals surface area contributed by atoms with Crippen molar-refractivity contribution < 1.29 is 25.2 Å². The van der Waals surface area contributed by atoms with E-state index in [2.05, 4.69) is 80.5 Å². The van der Waals surface area contributed by atoms with E-state index in [1.54, 1.807) is 30.3 Å². The van der Waals surface area contributed by atoms with E-state index in [-0.39, 0.29) is 16.2 Å². The predicted octanol–water partition coefficient (Wildman–Crippen LogP) is 9.48. The topological polar surface area (TPSA) is 182 Å². The van der Waals surface area contributed by atoms with E-state index in [0.29, 0.717) is 65.4 Å². The lowest BCUT2D eigenvalue weighted by molar-refractivity contribution is 0.284. The monoisotopic (exact) mass is 957 g/mol. The first-order chi connectivity index (χ1) is 30.8. The maximum absolute atomic E-state index is 13.3. The molecule has 0 aliphatic carbocycles. The highest BCUT2D eigenvalue weighted by Gasteiger charge is 2.35. The zero-order chi connectivity index (χ0) is 48.4. The highest BCUT2D eigenvalue weighted by Crippen LogP contribution is 2.38. The van der Waals surface area contributed by atoms with Crippen LogP contribution in [0.2, 0.25) is 0 Å². The maximum atomic E-state index is 13.3. The van der Waals surface area contributed by atoms with Gasteiger partial charge in [-0.1, -0.05) is 73.6 Å². The molecule has 0 spiro atoms. The Morgan fingerprint density at radius 3 is 1.97 bits per heavy atom. The SMILES string of the molecule is CCN(CCNS(C)(=O)=O)c1ccc(N=C2C(C(C)(C)C)=Nn3nc(-c4ccc(NS(=O)Oc5cc(NS(=O)Oc6cc(C(C)(C)CC(C)(C)C)ccc6C)ccc5C)cc4)nc32)c(C)c1. The van der Waals surface area contributed by atoms with Crippen LogP contribution in [-0.4, -0.2) is 69.0 Å². The van der Waals surface area contributed by atoms with Crippen molar-refractivity contribution in [1.29, 1.82) is 0 Å². The van der Waals surface area contributed by atoms with Crippen molar-refractivity contribution in [3.05, 3.63) is 107 Å². The van der Waals surface area contributed by atoms with Gasteiger partial charge in [-0.3, -0.25) is 9.44 Å². The molecule has 5 aromatic rings. The molecule has 15 nitrogen and oxygen atoms in total. The minimum atomic E-state index is -3.28. The first kappa shape index (κ1) is 50.0. The Labute approximate surface area is 395 Å². The second-order valence-electron chi connectivity index (χ2n) is 19.5. The molecule has 1 aliphatic heterocycles. The molecule has 2 heterocycles. The van der Waals surface area contributed by atoms with Gasteiger partial charge in [-0.05, 0) is 122 Å². The van der Waals surface area contributed by atoms with Crippen molar-refractivity contribution in [2.75, 3.05) is 40.2 Å². The summed E-state index contributed by atoms with van der Waals surface area (Å²) in [5, 5.41) is 9.54. The number of hydrogen-bond donors (Lipinski definition) is 3. The third kappa shape index (κ3) is 12.9. The lowest BCUT2D eigenvalue weighted by atomic mass is 9.72. The number of fused-ring (bicyclic) bond motifs is 1. The Bertz CT molecular complexity index is 2810. The first-order valence-electron chi connectivity index (χ1n) is 21.8. The molecule has 1 aliphatic rings. The van der Waals surface area contributed by atoms with E-state index < -0.39 is 32.6 Å². The van der Waals surface area contributed by atoms with E-state index in [1.807, 2.05) is 70.2 Å². The summed E-state index contributed by atoms with van der Waals surface area (Å²) in [5.74, 6) is 1.82. The molecule has 0 saturated heterocycles. The molecule has 0 fully saturated rings. The van der Waals surface area contributed by atoms with Gasteiger partial charge in [0.2, 0.25) is 15.8 Å². The number of sulfonamides is 1. The Balaban J connectivity index is 1.11. The molecular formula is C48H63N9O6S3.